The molecule has 0 amide bonds. The quantitative estimate of drug-likeness (QED) is 0.613. The first-order valence-electron chi connectivity index (χ1n) is 3.91. The average Bonchev–Trinajstić information content (AvgIpc) is 2.27. The third-order valence-corrected chi connectivity index (χ3v) is 1.81. The van der Waals surface area contributed by atoms with Crippen molar-refractivity contribution in [2.45, 2.75) is 0 Å². The van der Waals surface area contributed by atoms with Gasteiger partial charge in [0.1, 0.15) is 12.1 Å². The van der Waals surface area contributed by atoms with E-state index >= 15 is 0 Å². The molecular formula is C10H4N4. The lowest BCUT2D eigenvalue weighted by atomic mass is 10.2. The van der Waals surface area contributed by atoms with Crippen LogP contribution in [-0.4, -0.2) is 9.97 Å². The van der Waals surface area contributed by atoms with Gasteiger partial charge in [-0.05, 0) is 18.2 Å². The smallest absolute Gasteiger partial charge is 0.159 e. The Morgan fingerprint density at radius 3 is 2.71 bits per heavy atom. The number of aromatic nitrogens is 2. The Kier molecular flexibility index (Phi) is 1.82. The van der Waals surface area contributed by atoms with Crippen LogP contribution in [0.4, 0.5) is 0 Å². The number of pyridine rings is 2. The van der Waals surface area contributed by atoms with Gasteiger partial charge in [0.05, 0.1) is 16.6 Å². The standard InChI is InChI=1S/C10H4N4/c11-5-7-4-9-8(2-1-3-13-9)14-10(7)6-12/h1-4H. The van der Waals surface area contributed by atoms with Crippen molar-refractivity contribution in [2.24, 2.45) is 0 Å². The Hall–Kier alpha value is -2.46. The molecule has 0 aromatic carbocycles. The summed E-state index contributed by atoms with van der Waals surface area (Å²) in [7, 11) is 0. The first-order chi connectivity index (χ1) is 6.85. The van der Waals surface area contributed by atoms with E-state index in [0.717, 1.165) is 0 Å². The van der Waals surface area contributed by atoms with Gasteiger partial charge in [-0.25, -0.2) is 4.98 Å². The second-order valence-electron chi connectivity index (χ2n) is 2.65. The van der Waals surface area contributed by atoms with Crippen LogP contribution in [0.1, 0.15) is 11.3 Å². The summed E-state index contributed by atoms with van der Waals surface area (Å²) in [6, 6.07) is 8.85. The number of hydrogen-bond acceptors (Lipinski definition) is 4. The predicted octanol–water partition coefficient (Wildman–Crippen LogP) is 1.37. The maximum Gasteiger partial charge on any atom is 0.159 e. The van der Waals surface area contributed by atoms with Gasteiger partial charge in [0.2, 0.25) is 0 Å². The van der Waals surface area contributed by atoms with Crippen molar-refractivity contribution in [2.75, 3.05) is 0 Å². The second kappa shape index (κ2) is 3.12. The summed E-state index contributed by atoms with van der Waals surface area (Å²) in [5, 5.41) is 17.5. The van der Waals surface area contributed by atoms with Crippen LogP contribution in [-0.2, 0) is 0 Å². The van der Waals surface area contributed by atoms with E-state index in [1.54, 1.807) is 24.4 Å². The normalized spacial score (nSPS) is 9.29. The Bertz CT molecular complexity index is 522. The molecule has 0 aliphatic carbocycles. The maximum absolute atomic E-state index is 8.74. The summed E-state index contributed by atoms with van der Waals surface area (Å²) in [4.78, 5) is 8.06. The molecule has 0 saturated carbocycles. The van der Waals surface area contributed by atoms with Crippen LogP contribution in [0.3, 0.4) is 0 Å². The summed E-state index contributed by atoms with van der Waals surface area (Å²) in [6.45, 7) is 0. The predicted molar refractivity (Wildman–Crippen MR) is 49.0 cm³/mol. The minimum absolute atomic E-state index is 0.146. The molecule has 0 aliphatic heterocycles. The molecule has 0 bridgehead atoms. The topological polar surface area (TPSA) is 73.4 Å². The maximum atomic E-state index is 8.74. The monoisotopic (exact) mass is 180 g/mol. The summed E-state index contributed by atoms with van der Waals surface area (Å²) in [5.74, 6) is 0. The van der Waals surface area contributed by atoms with E-state index < -0.39 is 0 Å². The van der Waals surface area contributed by atoms with Crippen LogP contribution in [0.15, 0.2) is 24.4 Å². The van der Waals surface area contributed by atoms with Crippen LogP contribution in [0.5, 0.6) is 0 Å². The molecule has 0 N–H and O–H groups in total. The highest BCUT2D eigenvalue weighted by atomic mass is 14.8. The lowest BCUT2D eigenvalue weighted by molar-refractivity contribution is 1.27. The molecule has 64 valence electrons. The molecule has 0 atom stereocenters. The van der Waals surface area contributed by atoms with E-state index in [0.29, 0.717) is 11.0 Å². The van der Waals surface area contributed by atoms with Gasteiger partial charge < -0.3 is 0 Å². The summed E-state index contributed by atoms with van der Waals surface area (Å²) >= 11 is 0. The molecule has 0 unspecified atom stereocenters. The van der Waals surface area contributed by atoms with Crippen molar-refractivity contribution < 1.29 is 0 Å². The first kappa shape index (κ1) is 8.15. The lowest BCUT2D eigenvalue weighted by Gasteiger charge is -1.97. The fourth-order valence-electron chi connectivity index (χ4n) is 1.17. The molecule has 0 saturated heterocycles. The van der Waals surface area contributed by atoms with E-state index in [2.05, 4.69) is 9.97 Å². The van der Waals surface area contributed by atoms with Crippen molar-refractivity contribution in [3.8, 4) is 12.1 Å². The summed E-state index contributed by atoms with van der Waals surface area (Å²) in [5.41, 5.74) is 1.66. The highest BCUT2D eigenvalue weighted by Gasteiger charge is 2.05. The van der Waals surface area contributed by atoms with Gasteiger partial charge in [0.15, 0.2) is 5.69 Å². The third kappa shape index (κ3) is 1.16. The Morgan fingerprint density at radius 1 is 1.14 bits per heavy atom. The first-order valence-corrected chi connectivity index (χ1v) is 3.91. The van der Waals surface area contributed by atoms with E-state index in [9.17, 15) is 0 Å². The fraction of sp³-hybridized carbons (Fsp3) is 0. The van der Waals surface area contributed by atoms with Crippen LogP contribution < -0.4 is 0 Å². The lowest BCUT2D eigenvalue weighted by Crippen LogP contribution is -1.91. The zero-order valence-corrected chi connectivity index (χ0v) is 7.10. The van der Waals surface area contributed by atoms with Crippen molar-refractivity contribution in [3.05, 3.63) is 35.7 Å². The van der Waals surface area contributed by atoms with Crippen LogP contribution in [0.2, 0.25) is 0 Å². The van der Waals surface area contributed by atoms with Crippen molar-refractivity contribution in [1.82, 2.24) is 9.97 Å². The largest absolute Gasteiger partial charge is 0.255 e. The van der Waals surface area contributed by atoms with Gasteiger partial charge in [0, 0.05) is 6.20 Å². The number of nitriles is 2. The van der Waals surface area contributed by atoms with E-state index in [-0.39, 0.29) is 11.3 Å². The Balaban J connectivity index is 2.85. The minimum Gasteiger partial charge on any atom is -0.255 e. The number of fused-ring (bicyclic) bond motifs is 1. The molecule has 4 heteroatoms. The number of hydrogen-bond donors (Lipinski definition) is 0. The van der Waals surface area contributed by atoms with Crippen molar-refractivity contribution >= 4 is 11.0 Å². The summed E-state index contributed by atoms with van der Waals surface area (Å²) < 4.78 is 0. The van der Waals surface area contributed by atoms with Crippen LogP contribution in [0, 0.1) is 22.7 Å². The molecule has 2 heterocycles. The molecule has 0 spiro atoms. The van der Waals surface area contributed by atoms with E-state index in [1.165, 1.54) is 0 Å². The number of nitrogens with zero attached hydrogens (tertiary/aromatic N) is 4. The SMILES string of the molecule is N#Cc1cc2ncccc2nc1C#N. The molecule has 4 nitrogen and oxygen atoms in total. The van der Waals surface area contributed by atoms with Crippen LogP contribution in [0.25, 0.3) is 11.0 Å². The van der Waals surface area contributed by atoms with Gasteiger partial charge in [-0.3, -0.25) is 4.98 Å². The van der Waals surface area contributed by atoms with Gasteiger partial charge in [-0.2, -0.15) is 10.5 Å². The van der Waals surface area contributed by atoms with Gasteiger partial charge in [-0.15, -0.1) is 0 Å². The third-order valence-electron chi connectivity index (χ3n) is 1.81. The highest BCUT2D eigenvalue weighted by Crippen LogP contribution is 2.12. The molecule has 0 radical (unpaired) electrons. The second-order valence-corrected chi connectivity index (χ2v) is 2.65. The van der Waals surface area contributed by atoms with Gasteiger partial charge in [-0.1, -0.05) is 0 Å². The Labute approximate surface area is 80.1 Å². The zero-order chi connectivity index (χ0) is 9.97. The molecule has 2 aromatic rings. The summed E-state index contributed by atoms with van der Waals surface area (Å²) in [6.07, 6.45) is 1.62. The molecular weight excluding hydrogens is 176 g/mol. The zero-order valence-electron chi connectivity index (χ0n) is 7.10. The fourth-order valence-corrected chi connectivity index (χ4v) is 1.17. The van der Waals surface area contributed by atoms with E-state index in [4.69, 9.17) is 10.5 Å². The van der Waals surface area contributed by atoms with Gasteiger partial charge >= 0.3 is 0 Å². The molecule has 2 aromatic heterocycles. The molecule has 0 fully saturated rings. The minimum atomic E-state index is 0.146. The van der Waals surface area contributed by atoms with Gasteiger partial charge in [0.25, 0.3) is 0 Å². The molecule has 14 heavy (non-hydrogen) atoms. The van der Waals surface area contributed by atoms with E-state index in [1.807, 2.05) is 12.1 Å². The molecule has 0 aliphatic rings. The average molecular weight is 180 g/mol. The molecule has 2 rings (SSSR count). The van der Waals surface area contributed by atoms with Crippen molar-refractivity contribution in [3.63, 3.8) is 0 Å². The number of rotatable bonds is 0. The highest BCUT2D eigenvalue weighted by molar-refractivity contribution is 5.76. The van der Waals surface area contributed by atoms with Crippen LogP contribution >= 0.6 is 0 Å². The Morgan fingerprint density at radius 2 is 2.00 bits per heavy atom. The van der Waals surface area contributed by atoms with Crippen molar-refractivity contribution in [1.29, 1.82) is 10.5 Å².